The molecule has 1 aliphatic rings. The topological polar surface area (TPSA) is 55.6 Å². The molecule has 2 unspecified atom stereocenters. The molecule has 5 heteroatoms. The maximum atomic E-state index is 12.5. The molecule has 1 aliphatic heterocycles. The Morgan fingerprint density at radius 1 is 1.50 bits per heavy atom. The van der Waals surface area contributed by atoms with Crippen LogP contribution >= 0.6 is 12.4 Å². The van der Waals surface area contributed by atoms with E-state index in [1.165, 1.54) is 0 Å². The fourth-order valence-corrected chi connectivity index (χ4v) is 2.50. The van der Waals surface area contributed by atoms with Gasteiger partial charge >= 0.3 is 0 Å². The van der Waals surface area contributed by atoms with Gasteiger partial charge in [0.2, 0.25) is 0 Å². The van der Waals surface area contributed by atoms with E-state index in [1.807, 2.05) is 43.0 Å². The largest absolute Gasteiger partial charge is 0.493 e. The van der Waals surface area contributed by atoms with Crippen LogP contribution in [-0.4, -0.2) is 36.5 Å². The quantitative estimate of drug-likeness (QED) is 0.928. The van der Waals surface area contributed by atoms with E-state index in [0.29, 0.717) is 23.8 Å². The Balaban J connectivity index is 0.00000200. The number of hydrogen-bond acceptors (Lipinski definition) is 3. The highest BCUT2D eigenvalue weighted by Gasteiger charge is 2.29. The van der Waals surface area contributed by atoms with Crippen molar-refractivity contribution in [3.8, 4) is 5.75 Å². The Kier molecular flexibility index (Phi) is 6.30. The van der Waals surface area contributed by atoms with Gasteiger partial charge in [0.15, 0.2) is 0 Å². The van der Waals surface area contributed by atoms with E-state index in [1.54, 1.807) is 0 Å². The monoisotopic (exact) mass is 298 g/mol. The molecule has 4 nitrogen and oxygen atoms in total. The number of nitrogens with zero attached hydrogens (tertiary/aromatic N) is 1. The van der Waals surface area contributed by atoms with Crippen molar-refractivity contribution in [3.05, 3.63) is 29.8 Å². The molecule has 1 heterocycles. The number of hydrogen-bond donors (Lipinski definition) is 1. The Morgan fingerprint density at radius 3 is 2.80 bits per heavy atom. The molecule has 20 heavy (non-hydrogen) atoms. The molecule has 1 aromatic rings. The van der Waals surface area contributed by atoms with Crippen molar-refractivity contribution < 1.29 is 9.53 Å². The van der Waals surface area contributed by atoms with Crippen LogP contribution < -0.4 is 10.5 Å². The summed E-state index contributed by atoms with van der Waals surface area (Å²) < 4.78 is 5.52. The second kappa shape index (κ2) is 7.50. The third-order valence-corrected chi connectivity index (χ3v) is 3.67. The lowest BCUT2D eigenvalue weighted by Gasteiger charge is -2.19. The molecular formula is C15H23ClN2O2. The van der Waals surface area contributed by atoms with Gasteiger partial charge in [0.1, 0.15) is 5.75 Å². The molecule has 0 saturated carbocycles. The van der Waals surface area contributed by atoms with Crippen molar-refractivity contribution in [2.24, 2.45) is 11.7 Å². The van der Waals surface area contributed by atoms with Crippen LogP contribution in [0, 0.1) is 5.92 Å². The molecule has 2 N–H and O–H groups in total. The van der Waals surface area contributed by atoms with Crippen molar-refractivity contribution in [1.29, 1.82) is 0 Å². The fourth-order valence-electron chi connectivity index (χ4n) is 2.50. The number of benzene rings is 1. The molecule has 2 rings (SSSR count). The number of amides is 1. The Morgan fingerprint density at radius 2 is 2.20 bits per heavy atom. The number of carbonyl (C=O) groups excluding carboxylic acids is 1. The maximum Gasteiger partial charge on any atom is 0.257 e. The van der Waals surface area contributed by atoms with Crippen LogP contribution in [0.25, 0.3) is 0 Å². The fraction of sp³-hybridized carbons (Fsp3) is 0.533. The number of nitrogens with two attached hydrogens (primary N) is 1. The Labute approximate surface area is 126 Å². The van der Waals surface area contributed by atoms with Crippen LogP contribution in [-0.2, 0) is 0 Å². The average Bonchev–Trinajstić information content (AvgIpc) is 2.89. The zero-order valence-electron chi connectivity index (χ0n) is 12.0. The molecule has 1 saturated heterocycles. The van der Waals surface area contributed by atoms with Crippen molar-refractivity contribution in [1.82, 2.24) is 4.90 Å². The summed E-state index contributed by atoms with van der Waals surface area (Å²) in [5.41, 5.74) is 6.56. The summed E-state index contributed by atoms with van der Waals surface area (Å²) in [6.45, 7) is 6.02. The molecular weight excluding hydrogens is 276 g/mol. The van der Waals surface area contributed by atoms with Crippen molar-refractivity contribution in [2.45, 2.75) is 26.3 Å². The molecule has 0 spiro atoms. The number of rotatable bonds is 4. The zero-order valence-corrected chi connectivity index (χ0v) is 12.9. The average molecular weight is 299 g/mol. The lowest BCUT2D eigenvalue weighted by Crippen LogP contribution is -2.33. The van der Waals surface area contributed by atoms with Gasteiger partial charge in [-0.25, -0.2) is 0 Å². The van der Waals surface area contributed by atoms with Gasteiger partial charge in [-0.3, -0.25) is 4.79 Å². The molecule has 112 valence electrons. The van der Waals surface area contributed by atoms with E-state index in [0.717, 1.165) is 19.5 Å². The molecule has 0 bridgehead atoms. The molecule has 1 aromatic carbocycles. The predicted molar refractivity (Wildman–Crippen MR) is 82.5 cm³/mol. The number of likely N-dealkylation sites (tertiary alicyclic amines) is 1. The SMILES string of the molecule is CCOc1ccccc1C(=O)N1CCC(C(C)N)C1.Cl. The lowest BCUT2D eigenvalue weighted by molar-refractivity contribution is 0.0782. The summed E-state index contributed by atoms with van der Waals surface area (Å²) in [5, 5.41) is 0. The number of carbonyl (C=O) groups is 1. The molecule has 2 atom stereocenters. The zero-order chi connectivity index (χ0) is 13.8. The summed E-state index contributed by atoms with van der Waals surface area (Å²) in [6.07, 6.45) is 0.986. The maximum absolute atomic E-state index is 12.5. The molecule has 1 fully saturated rings. The highest BCUT2D eigenvalue weighted by atomic mass is 35.5. The molecule has 1 amide bonds. The van der Waals surface area contributed by atoms with Gasteiger partial charge in [0, 0.05) is 19.1 Å². The molecule has 0 radical (unpaired) electrons. The number of para-hydroxylation sites is 1. The standard InChI is InChI=1S/C15H22N2O2.ClH/c1-3-19-14-7-5-4-6-13(14)15(18)17-9-8-12(10-17)11(2)16;/h4-7,11-12H,3,8-10,16H2,1-2H3;1H. The summed E-state index contributed by atoms with van der Waals surface area (Å²) in [7, 11) is 0. The van der Waals surface area contributed by atoms with Crippen LogP contribution in [0.1, 0.15) is 30.6 Å². The highest BCUT2D eigenvalue weighted by Crippen LogP contribution is 2.25. The normalized spacial score (nSPS) is 19.4. The summed E-state index contributed by atoms with van der Waals surface area (Å²) in [5.74, 6) is 1.12. The van der Waals surface area contributed by atoms with Crippen LogP contribution in [0.5, 0.6) is 5.75 Å². The minimum Gasteiger partial charge on any atom is -0.493 e. The van der Waals surface area contributed by atoms with E-state index in [2.05, 4.69) is 0 Å². The molecule has 0 aromatic heterocycles. The number of halogens is 1. The van der Waals surface area contributed by atoms with E-state index >= 15 is 0 Å². The van der Waals surface area contributed by atoms with Gasteiger partial charge < -0.3 is 15.4 Å². The third kappa shape index (κ3) is 3.64. The van der Waals surface area contributed by atoms with Gasteiger partial charge in [-0.2, -0.15) is 0 Å². The van der Waals surface area contributed by atoms with Gasteiger partial charge in [-0.1, -0.05) is 12.1 Å². The minimum absolute atomic E-state index is 0. The van der Waals surface area contributed by atoms with E-state index in [9.17, 15) is 4.79 Å². The smallest absolute Gasteiger partial charge is 0.257 e. The van der Waals surface area contributed by atoms with Crippen molar-refractivity contribution in [3.63, 3.8) is 0 Å². The van der Waals surface area contributed by atoms with Gasteiger partial charge in [0.05, 0.1) is 12.2 Å². The highest BCUT2D eigenvalue weighted by molar-refractivity contribution is 5.97. The first-order chi connectivity index (χ1) is 9.13. The van der Waals surface area contributed by atoms with Crippen molar-refractivity contribution >= 4 is 18.3 Å². The number of ether oxygens (including phenoxy) is 1. The first kappa shape index (κ1) is 16.8. The van der Waals surface area contributed by atoms with Crippen LogP contribution in [0.3, 0.4) is 0 Å². The second-order valence-corrected chi connectivity index (χ2v) is 5.09. The summed E-state index contributed by atoms with van der Waals surface area (Å²) in [4.78, 5) is 14.4. The Bertz CT molecular complexity index is 451. The summed E-state index contributed by atoms with van der Waals surface area (Å²) >= 11 is 0. The van der Waals surface area contributed by atoms with E-state index < -0.39 is 0 Å². The van der Waals surface area contributed by atoms with Crippen LogP contribution in [0.4, 0.5) is 0 Å². The van der Waals surface area contributed by atoms with Crippen LogP contribution in [0.2, 0.25) is 0 Å². The minimum atomic E-state index is 0. The Hall–Kier alpha value is -1.26. The van der Waals surface area contributed by atoms with Crippen molar-refractivity contribution in [2.75, 3.05) is 19.7 Å². The van der Waals surface area contributed by atoms with E-state index in [-0.39, 0.29) is 24.4 Å². The molecule has 0 aliphatic carbocycles. The van der Waals surface area contributed by atoms with Gasteiger partial charge in [-0.15, -0.1) is 12.4 Å². The first-order valence-electron chi connectivity index (χ1n) is 6.90. The predicted octanol–water partition coefficient (Wildman–Crippen LogP) is 2.32. The van der Waals surface area contributed by atoms with E-state index in [4.69, 9.17) is 10.5 Å². The summed E-state index contributed by atoms with van der Waals surface area (Å²) in [6, 6.07) is 7.56. The first-order valence-corrected chi connectivity index (χ1v) is 6.90. The van der Waals surface area contributed by atoms with Gasteiger partial charge in [0.25, 0.3) is 5.91 Å². The third-order valence-electron chi connectivity index (χ3n) is 3.67. The lowest BCUT2D eigenvalue weighted by atomic mass is 10.0. The van der Waals surface area contributed by atoms with Gasteiger partial charge in [-0.05, 0) is 38.3 Å². The van der Waals surface area contributed by atoms with Crippen LogP contribution in [0.15, 0.2) is 24.3 Å². The second-order valence-electron chi connectivity index (χ2n) is 5.09.